The van der Waals surface area contributed by atoms with E-state index >= 15 is 0 Å². The van der Waals surface area contributed by atoms with Gasteiger partial charge in [-0.05, 0) is 0 Å². The van der Waals surface area contributed by atoms with Crippen molar-refractivity contribution < 1.29 is 18.7 Å². The van der Waals surface area contributed by atoms with E-state index in [1.54, 1.807) is 12.4 Å². The number of aliphatic carboxylic acids is 1. The van der Waals surface area contributed by atoms with Crippen molar-refractivity contribution >= 4 is 29.2 Å². The van der Waals surface area contributed by atoms with Crippen LogP contribution in [0.3, 0.4) is 0 Å². The molecule has 0 spiro atoms. The van der Waals surface area contributed by atoms with Gasteiger partial charge in [0.25, 0.3) is 6.43 Å². The fraction of sp³-hybridized carbons (Fsp3) is 0.300. The number of aromatic nitrogens is 4. The highest BCUT2D eigenvalue weighted by molar-refractivity contribution is 6.30. The molecule has 0 saturated carbocycles. The average Bonchev–Trinajstić information content (AvgIpc) is 2.98. The van der Waals surface area contributed by atoms with Crippen LogP contribution < -0.4 is 0 Å². The van der Waals surface area contributed by atoms with Crippen molar-refractivity contribution in [1.29, 1.82) is 0 Å². The van der Waals surface area contributed by atoms with Gasteiger partial charge < -0.3 is 5.11 Å². The van der Waals surface area contributed by atoms with Gasteiger partial charge >= 0.3 is 5.97 Å². The molecule has 0 aliphatic carbocycles. The van der Waals surface area contributed by atoms with E-state index in [-0.39, 0.29) is 5.02 Å². The number of nitrogens with zero attached hydrogens (tertiary/aromatic N) is 3. The smallest absolute Gasteiger partial charge is 0.305 e. The van der Waals surface area contributed by atoms with Crippen LogP contribution in [0.4, 0.5) is 8.78 Å². The number of alkyl halides is 2. The third-order valence-electron chi connectivity index (χ3n) is 2.05. The molecule has 110 valence electrons. The Kier molecular flexibility index (Phi) is 6.40. The predicted octanol–water partition coefficient (Wildman–Crippen LogP) is 2.88. The minimum atomic E-state index is -2.79. The Hall–Kier alpha value is -1.67. The first-order valence-electron chi connectivity index (χ1n) is 5.24. The first kappa shape index (κ1) is 16.4. The van der Waals surface area contributed by atoms with Gasteiger partial charge in [-0.25, -0.2) is 8.78 Å². The zero-order chi connectivity index (χ0) is 15.1. The maximum Gasteiger partial charge on any atom is 0.305 e. The van der Waals surface area contributed by atoms with Crippen molar-refractivity contribution in [3.63, 3.8) is 0 Å². The molecule has 0 amide bonds. The van der Waals surface area contributed by atoms with Gasteiger partial charge in [-0.15, -0.1) is 0 Å². The number of carbonyl (C=O) groups is 1. The van der Waals surface area contributed by atoms with Gasteiger partial charge in [0, 0.05) is 12.4 Å². The number of hydrogen-bond donors (Lipinski definition) is 2. The average molecular weight is 327 g/mol. The van der Waals surface area contributed by atoms with Crippen LogP contribution in [-0.4, -0.2) is 37.5 Å². The quantitative estimate of drug-likeness (QED) is 0.904. The summed E-state index contributed by atoms with van der Waals surface area (Å²) in [6.07, 6.45) is 2.03. The lowest BCUT2D eigenvalue weighted by molar-refractivity contribution is -0.139. The second-order valence-corrected chi connectivity index (χ2v) is 4.43. The first-order valence-corrected chi connectivity index (χ1v) is 5.99. The lowest BCUT2D eigenvalue weighted by Gasteiger charge is -2.13. The Morgan fingerprint density at radius 3 is 2.40 bits per heavy atom. The van der Waals surface area contributed by atoms with Crippen LogP contribution in [0.1, 0.15) is 12.5 Å². The molecule has 1 atom stereocenters. The second kappa shape index (κ2) is 7.81. The molecule has 0 aliphatic heterocycles. The minimum absolute atomic E-state index is 0.195. The molecule has 10 heteroatoms. The molecule has 0 fully saturated rings. The summed E-state index contributed by atoms with van der Waals surface area (Å²) in [6.45, 7) is 0. The Morgan fingerprint density at radius 2 is 2.10 bits per heavy atom. The second-order valence-electron chi connectivity index (χ2n) is 3.55. The molecular formula is C10H10Cl2F2N4O2. The summed E-state index contributed by atoms with van der Waals surface area (Å²) in [5.74, 6) is -1.30. The number of nitrogens with one attached hydrogen (secondary N) is 1. The summed E-state index contributed by atoms with van der Waals surface area (Å²) in [4.78, 5) is 10.3. The molecule has 20 heavy (non-hydrogen) atoms. The van der Waals surface area contributed by atoms with Crippen molar-refractivity contribution in [2.45, 2.75) is 18.9 Å². The molecule has 0 saturated heterocycles. The SMILES string of the molecule is Clc1cn[nH]c1.O=C(O)CC(C(F)F)n1cc(Cl)cn1. The zero-order valence-corrected chi connectivity index (χ0v) is 11.4. The van der Waals surface area contributed by atoms with Crippen molar-refractivity contribution in [1.82, 2.24) is 20.0 Å². The van der Waals surface area contributed by atoms with Gasteiger partial charge in [0.05, 0.1) is 28.9 Å². The molecule has 2 N–H and O–H groups in total. The number of carboxylic acid groups (broad SMARTS) is 1. The fourth-order valence-electron chi connectivity index (χ4n) is 1.21. The van der Waals surface area contributed by atoms with Gasteiger partial charge in [-0.2, -0.15) is 10.2 Å². The highest BCUT2D eigenvalue weighted by Gasteiger charge is 2.25. The standard InChI is InChI=1S/C7H7ClF2N2O2.C3H3ClN2/c8-4-2-11-12(3-4)5(7(9)10)1-6(13)14;4-3-1-5-6-2-3/h2-3,5,7H,1H2,(H,13,14);1-2H,(H,5,6). The summed E-state index contributed by atoms with van der Waals surface area (Å²) in [5, 5.41) is 18.9. The summed E-state index contributed by atoms with van der Waals surface area (Å²) in [6, 6.07) is -1.47. The zero-order valence-electron chi connectivity index (χ0n) is 9.88. The molecule has 0 aliphatic rings. The van der Waals surface area contributed by atoms with Crippen LogP contribution in [0.5, 0.6) is 0 Å². The van der Waals surface area contributed by atoms with Gasteiger partial charge in [-0.3, -0.25) is 14.6 Å². The Bertz CT molecular complexity index is 533. The first-order chi connectivity index (χ1) is 9.40. The van der Waals surface area contributed by atoms with E-state index in [4.69, 9.17) is 28.3 Å². The van der Waals surface area contributed by atoms with Crippen LogP contribution in [0.2, 0.25) is 10.0 Å². The molecule has 1 unspecified atom stereocenters. The van der Waals surface area contributed by atoms with Crippen molar-refractivity contribution in [3.05, 3.63) is 34.8 Å². The molecule has 0 aromatic carbocycles. The van der Waals surface area contributed by atoms with Crippen molar-refractivity contribution in [2.24, 2.45) is 0 Å². The van der Waals surface area contributed by atoms with Gasteiger partial charge in [0.1, 0.15) is 6.04 Å². The minimum Gasteiger partial charge on any atom is -0.481 e. The molecular weight excluding hydrogens is 317 g/mol. The summed E-state index contributed by atoms with van der Waals surface area (Å²) >= 11 is 10.8. The molecule has 0 bridgehead atoms. The number of H-pyrrole nitrogens is 1. The van der Waals surface area contributed by atoms with Crippen LogP contribution in [0, 0.1) is 0 Å². The van der Waals surface area contributed by atoms with Gasteiger partial charge in [-0.1, -0.05) is 23.2 Å². The molecule has 6 nitrogen and oxygen atoms in total. The van der Waals surface area contributed by atoms with Crippen LogP contribution in [0.15, 0.2) is 24.8 Å². The maximum atomic E-state index is 12.4. The lowest BCUT2D eigenvalue weighted by atomic mass is 10.2. The topological polar surface area (TPSA) is 83.8 Å². The Morgan fingerprint density at radius 1 is 1.40 bits per heavy atom. The molecule has 2 rings (SSSR count). The number of aromatic amines is 1. The highest BCUT2D eigenvalue weighted by Crippen LogP contribution is 2.21. The number of halogens is 4. The molecule has 2 heterocycles. The maximum absolute atomic E-state index is 12.4. The number of rotatable bonds is 4. The number of hydrogen-bond acceptors (Lipinski definition) is 3. The van der Waals surface area contributed by atoms with E-state index < -0.39 is 24.9 Å². The normalized spacial score (nSPS) is 11.8. The summed E-state index contributed by atoms with van der Waals surface area (Å²) in [5.41, 5.74) is 0. The van der Waals surface area contributed by atoms with Gasteiger partial charge in [0.2, 0.25) is 0 Å². The van der Waals surface area contributed by atoms with E-state index in [1.807, 2.05) is 0 Å². The molecule has 2 aromatic heterocycles. The van der Waals surface area contributed by atoms with E-state index in [2.05, 4.69) is 15.3 Å². The molecule has 0 radical (unpaired) electrons. The Balaban J connectivity index is 0.000000276. The van der Waals surface area contributed by atoms with Crippen LogP contribution in [-0.2, 0) is 4.79 Å². The lowest BCUT2D eigenvalue weighted by Crippen LogP contribution is -2.21. The molecule has 2 aromatic rings. The monoisotopic (exact) mass is 326 g/mol. The van der Waals surface area contributed by atoms with E-state index in [9.17, 15) is 13.6 Å². The van der Waals surface area contributed by atoms with E-state index in [0.29, 0.717) is 5.02 Å². The summed E-state index contributed by atoms with van der Waals surface area (Å²) < 4.78 is 25.6. The summed E-state index contributed by atoms with van der Waals surface area (Å²) in [7, 11) is 0. The highest BCUT2D eigenvalue weighted by atomic mass is 35.5. The third kappa shape index (κ3) is 5.54. The Labute approximate surface area is 122 Å². The largest absolute Gasteiger partial charge is 0.481 e. The number of carboxylic acids is 1. The fourth-order valence-corrected chi connectivity index (χ4v) is 1.45. The van der Waals surface area contributed by atoms with Crippen molar-refractivity contribution in [3.8, 4) is 0 Å². The third-order valence-corrected chi connectivity index (χ3v) is 2.45. The van der Waals surface area contributed by atoms with E-state index in [1.165, 1.54) is 12.4 Å². The van der Waals surface area contributed by atoms with Crippen LogP contribution >= 0.6 is 23.2 Å². The van der Waals surface area contributed by atoms with Gasteiger partial charge in [0.15, 0.2) is 0 Å². The van der Waals surface area contributed by atoms with E-state index in [0.717, 1.165) is 4.68 Å². The van der Waals surface area contributed by atoms with Crippen molar-refractivity contribution in [2.75, 3.05) is 0 Å². The predicted molar refractivity (Wildman–Crippen MR) is 68.1 cm³/mol. The van der Waals surface area contributed by atoms with Crippen LogP contribution in [0.25, 0.3) is 0 Å².